The van der Waals surface area contributed by atoms with E-state index in [0.29, 0.717) is 12.4 Å². The molecule has 17 heteroatoms. The van der Waals surface area contributed by atoms with Crippen molar-refractivity contribution in [3.63, 3.8) is 0 Å². The van der Waals surface area contributed by atoms with Crippen LogP contribution in [0.1, 0.15) is 30.6 Å². The van der Waals surface area contributed by atoms with E-state index in [4.69, 9.17) is 0 Å². The van der Waals surface area contributed by atoms with Gasteiger partial charge in [0.2, 0.25) is 0 Å². The molecule has 1 unspecified atom stereocenters. The van der Waals surface area contributed by atoms with Gasteiger partial charge in [-0.05, 0) is 30.5 Å². The molecule has 3 heterocycles. The van der Waals surface area contributed by atoms with Gasteiger partial charge in [-0.1, -0.05) is 0 Å². The number of hydrogen-bond acceptors (Lipinski definition) is 7. The molecule has 3 aromatic heterocycles. The molecular formula is C25H20F8N6O3. The van der Waals surface area contributed by atoms with E-state index >= 15 is 0 Å². The predicted molar refractivity (Wildman–Crippen MR) is 133 cm³/mol. The van der Waals surface area contributed by atoms with Crippen molar-refractivity contribution in [3.05, 3.63) is 80.6 Å². The summed E-state index contributed by atoms with van der Waals surface area (Å²) in [5.41, 5.74) is -5.33. The van der Waals surface area contributed by atoms with Crippen LogP contribution in [0.2, 0.25) is 0 Å². The van der Waals surface area contributed by atoms with Crippen LogP contribution in [0.15, 0.2) is 52.6 Å². The summed E-state index contributed by atoms with van der Waals surface area (Å²) in [5, 5.41) is 16.7. The smallest absolute Gasteiger partial charge is 0.381 e. The number of aromatic amines is 1. The Labute approximate surface area is 229 Å². The van der Waals surface area contributed by atoms with Crippen LogP contribution in [0.5, 0.6) is 0 Å². The van der Waals surface area contributed by atoms with Crippen LogP contribution >= 0.6 is 0 Å². The third-order valence-corrected chi connectivity index (χ3v) is 6.15. The van der Waals surface area contributed by atoms with Crippen molar-refractivity contribution >= 4 is 16.5 Å². The van der Waals surface area contributed by atoms with Crippen LogP contribution < -0.4 is 16.4 Å². The molecule has 0 aliphatic rings. The monoisotopic (exact) mass is 604 g/mol. The zero-order valence-electron chi connectivity index (χ0n) is 21.3. The minimum Gasteiger partial charge on any atom is -0.381 e. The first-order chi connectivity index (χ1) is 19.6. The first kappa shape index (κ1) is 30.5. The van der Waals surface area contributed by atoms with Crippen molar-refractivity contribution in [3.8, 4) is 11.4 Å². The topological polar surface area (TPSA) is 126 Å². The lowest BCUT2D eigenvalue weighted by Crippen LogP contribution is -2.30. The van der Waals surface area contributed by atoms with E-state index in [0.717, 1.165) is 16.8 Å². The number of aliphatic hydroxyl groups is 1. The van der Waals surface area contributed by atoms with Gasteiger partial charge >= 0.3 is 12.4 Å². The number of aromatic nitrogens is 5. The van der Waals surface area contributed by atoms with Crippen molar-refractivity contribution in [2.24, 2.45) is 0 Å². The number of fused-ring (bicyclic) bond motifs is 1. The molecule has 3 N–H and O–H groups in total. The zero-order valence-corrected chi connectivity index (χ0v) is 21.3. The van der Waals surface area contributed by atoms with Gasteiger partial charge in [-0.15, -0.1) is 0 Å². The number of halogens is 8. The van der Waals surface area contributed by atoms with E-state index < -0.39 is 71.0 Å². The summed E-state index contributed by atoms with van der Waals surface area (Å²) in [6.07, 6.45) is -11.6. The van der Waals surface area contributed by atoms with Gasteiger partial charge in [-0.3, -0.25) is 9.59 Å². The fourth-order valence-electron chi connectivity index (χ4n) is 4.21. The predicted octanol–water partition coefficient (Wildman–Crippen LogP) is 4.52. The van der Waals surface area contributed by atoms with Crippen LogP contribution in [0.3, 0.4) is 0 Å². The largest absolute Gasteiger partial charge is 0.423 e. The van der Waals surface area contributed by atoms with Gasteiger partial charge in [0.1, 0.15) is 17.6 Å². The summed E-state index contributed by atoms with van der Waals surface area (Å²) in [6, 6.07) is 2.44. The first-order valence-electron chi connectivity index (χ1n) is 12.0. The number of alkyl halides is 7. The fourth-order valence-corrected chi connectivity index (χ4v) is 4.21. The molecule has 0 saturated carbocycles. The molecule has 42 heavy (non-hydrogen) atoms. The van der Waals surface area contributed by atoms with Crippen LogP contribution in [-0.4, -0.2) is 48.2 Å². The summed E-state index contributed by atoms with van der Waals surface area (Å²) < 4.78 is 108. The average molecular weight is 604 g/mol. The second kappa shape index (κ2) is 11.5. The molecule has 0 radical (unpaired) electrons. The minimum absolute atomic E-state index is 0.161. The van der Waals surface area contributed by atoms with E-state index in [1.807, 2.05) is 0 Å². The maximum Gasteiger partial charge on any atom is 0.423 e. The fraction of sp³-hybridized carbons (Fsp3) is 0.320. The van der Waals surface area contributed by atoms with Crippen molar-refractivity contribution in [2.75, 3.05) is 5.32 Å². The first-order valence-corrected chi connectivity index (χ1v) is 12.0. The highest BCUT2D eigenvalue weighted by Crippen LogP contribution is 2.33. The SMILES string of the molecule is C[C@@H](C[C@@H](F)Cn1ccc2cc(-c3ncc(C(O)C(F)(F)F)cn3)c(F)cc2c1=O)Nc1cn[nH]c(=O)c1C(F)(F)F. The third-order valence-electron chi connectivity index (χ3n) is 6.15. The molecule has 0 aliphatic carbocycles. The molecule has 9 nitrogen and oxygen atoms in total. The minimum atomic E-state index is -4.99. The molecule has 1 aromatic carbocycles. The standard InChI is InChI=1S/C25H20F8N6O3/c1-11(37-18-9-36-38-22(41)19(18)24(28,29)30)4-14(26)10-39-3-2-12-5-16(17(27)6-15(12)23(39)42)21-34-7-13(8-35-21)20(40)25(31,32)33/h2-3,5-9,11,14,20,40H,4,10H2,1H3,(H2,37,38,41)/t11-,14+,20?/m0/s1. The second-order valence-corrected chi connectivity index (χ2v) is 9.34. The number of benzene rings is 1. The molecular weight excluding hydrogens is 584 g/mol. The van der Waals surface area contributed by atoms with Crippen molar-refractivity contribution in [1.29, 1.82) is 0 Å². The maximum atomic E-state index is 14.9. The molecule has 0 amide bonds. The second-order valence-electron chi connectivity index (χ2n) is 9.34. The summed E-state index contributed by atoms with van der Waals surface area (Å²) in [4.78, 5) is 31.9. The number of nitrogens with one attached hydrogen (secondary N) is 2. The number of aliphatic hydroxyl groups excluding tert-OH is 1. The number of rotatable bonds is 8. The summed E-state index contributed by atoms with van der Waals surface area (Å²) >= 11 is 0. The molecule has 0 spiro atoms. The Morgan fingerprint density at radius 2 is 1.74 bits per heavy atom. The Bertz CT molecular complexity index is 1700. The van der Waals surface area contributed by atoms with Gasteiger partial charge in [0.15, 0.2) is 11.9 Å². The average Bonchev–Trinajstić information content (AvgIpc) is 2.88. The lowest BCUT2D eigenvalue weighted by molar-refractivity contribution is -0.206. The lowest BCUT2D eigenvalue weighted by Gasteiger charge is -2.20. The van der Waals surface area contributed by atoms with Crippen LogP contribution in [-0.2, 0) is 12.7 Å². The summed E-state index contributed by atoms with van der Waals surface area (Å²) in [5.74, 6) is -1.31. The molecule has 0 aliphatic heterocycles. The lowest BCUT2D eigenvalue weighted by atomic mass is 10.1. The number of anilines is 1. The number of hydrogen-bond donors (Lipinski definition) is 3. The van der Waals surface area contributed by atoms with E-state index in [9.17, 15) is 49.8 Å². The van der Waals surface area contributed by atoms with E-state index in [-0.39, 0.29) is 28.6 Å². The Morgan fingerprint density at radius 3 is 2.36 bits per heavy atom. The van der Waals surface area contributed by atoms with Crippen molar-refractivity contribution < 1.29 is 40.2 Å². The number of H-pyrrole nitrogens is 1. The van der Waals surface area contributed by atoms with Gasteiger partial charge in [0, 0.05) is 36.6 Å². The maximum absolute atomic E-state index is 14.9. The van der Waals surface area contributed by atoms with E-state index in [1.54, 1.807) is 5.10 Å². The Morgan fingerprint density at radius 1 is 1.07 bits per heavy atom. The van der Waals surface area contributed by atoms with Crippen molar-refractivity contribution in [2.45, 2.75) is 50.6 Å². The Kier molecular flexibility index (Phi) is 8.34. The molecule has 3 atom stereocenters. The number of pyridine rings is 1. The van der Waals surface area contributed by atoms with Crippen LogP contribution in [0.4, 0.5) is 40.8 Å². The van der Waals surface area contributed by atoms with Crippen LogP contribution in [0.25, 0.3) is 22.2 Å². The summed E-state index contributed by atoms with van der Waals surface area (Å²) in [7, 11) is 0. The normalized spacial score (nSPS) is 14.5. The van der Waals surface area contributed by atoms with Gasteiger partial charge in [-0.2, -0.15) is 31.4 Å². The highest BCUT2D eigenvalue weighted by atomic mass is 19.4. The zero-order chi connectivity index (χ0) is 31.0. The van der Waals surface area contributed by atoms with Gasteiger partial charge in [-0.25, -0.2) is 23.8 Å². The van der Waals surface area contributed by atoms with Crippen LogP contribution in [0, 0.1) is 5.82 Å². The third kappa shape index (κ3) is 6.56. The van der Waals surface area contributed by atoms with Crippen molar-refractivity contribution in [1.82, 2.24) is 24.7 Å². The molecule has 224 valence electrons. The Hall–Kier alpha value is -4.41. The van der Waals surface area contributed by atoms with Gasteiger partial charge in [0.25, 0.3) is 11.1 Å². The summed E-state index contributed by atoms with van der Waals surface area (Å²) in [6.45, 7) is 0.836. The molecule has 0 fully saturated rings. The van der Waals surface area contributed by atoms with Gasteiger partial charge in [0.05, 0.1) is 29.4 Å². The Balaban J connectivity index is 1.51. The van der Waals surface area contributed by atoms with E-state index in [2.05, 4.69) is 20.4 Å². The van der Waals surface area contributed by atoms with E-state index in [1.165, 1.54) is 25.3 Å². The van der Waals surface area contributed by atoms with Gasteiger partial charge < -0.3 is 15.0 Å². The molecule has 4 rings (SSSR count). The quantitative estimate of drug-likeness (QED) is 0.253. The highest BCUT2D eigenvalue weighted by Gasteiger charge is 2.40. The molecule has 0 saturated heterocycles. The highest BCUT2D eigenvalue weighted by molar-refractivity contribution is 5.86. The molecule has 4 aromatic rings. The number of nitrogens with zero attached hydrogens (tertiary/aromatic N) is 4. The molecule has 0 bridgehead atoms.